The molecule has 1 heterocycles. The summed E-state index contributed by atoms with van der Waals surface area (Å²) >= 11 is 7.58. The Balaban J connectivity index is 1.76. The number of hydrogen-bond acceptors (Lipinski definition) is 5. The minimum absolute atomic E-state index is 0.117. The number of thioether (sulfide) groups is 1. The van der Waals surface area contributed by atoms with E-state index in [0.717, 1.165) is 28.0 Å². The molecule has 1 N–H and O–H groups in total. The minimum atomic E-state index is -0.117. The summed E-state index contributed by atoms with van der Waals surface area (Å²) in [5.41, 5.74) is 4.32. The predicted octanol–water partition coefficient (Wildman–Crippen LogP) is 4.53. The second kappa shape index (κ2) is 10.3. The third-order valence-electron chi connectivity index (χ3n) is 3.86. The lowest BCUT2D eigenvalue weighted by Crippen LogP contribution is -2.23. The second-order valence-electron chi connectivity index (χ2n) is 5.89. The summed E-state index contributed by atoms with van der Waals surface area (Å²) < 4.78 is 2.02. The molecule has 0 bridgehead atoms. The third kappa shape index (κ3) is 5.34. The average Bonchev–Trinajstić information content (AvgIpc) is 3.14. The van der Waals surface area contributed by atoms with Crippen LogP contribution in [0.4, 0.5) is 0 Å². The van der Waals surface area contributed by atoms with E-state index in [2.05, 4.69) is 15.7 Å². The number of benzene rings is 2. The smallest absolute Gasteiger partial charge is 0.243 e. The predicted molar refractivity (Wildman–Crippen MR) is 112 cm³/mol. The Morgan fingerprint density at radius 2 is 1.89 bits per heavy atom. The first kappa shape index (κ1) is 20.4. The van der Waals surface area contributed by atoms with E-state index in [1.165, 1.54) is 0 Å². The molecule has 3 aromatic rings. The SMILES string of the molecule is CCONC(=O)CCCSc1nnc(-c2ccc(Cl)cc2)n1-c1ccccc1. The van der Waals surface area contributed by atoms with E-state index in [0.29, 0.717) is 24.5 Å². The van der Waals surface area contributed by atoms with Crippen LogP contribution < -0.4 is 5.48 Å². The summed E-state index contributed by atoms with van der Waals surface area (Å²) in [6.45, 7) is 2.28. The quantitative estimate of drug-likeness (QED) is 0.315. The van der Waals surface area contributed by atoms with Crippen molar-refractivity contribution in [2.24, 2.45) is 0 Å². The summed E-state index contributed by atoms with van der Waals surface area (Å²) in [6.07, 6.45) is 1.11. The molecule has 0 fully saturated rings. The molecule has 0 aliphatic carbocycles. The maximum Gasteiger partial charge on any atom is 0.243 e. The zero-order valence-electron chi connectivity index (χ0n) is 15.5. The van der Waals surface area contributed by atoms with Crippen molar-refractivity contribution >= 4 is 29.3 Å². The highest BCUT2D eigenvalue weighted by atomic mass is 35.5. The number of carbonyl (C=O) groups excluding carboxylic acids is 1. The van der Waals surface area contributed by atoms with Crippen LogP contribution >= 0.6 is 23.4 Å². The van der Waals surface area contributed by atoms with E-state index in [9.17, 15) is 4.79 Å². The first-order chi connectivity index (χ1) is 13.7. The van der Waals surface area contributed by atoms with Gasteiger partial charge in [0.2, 0.25) is 5.91 Å². The van der Waals surface area contributed by atoms with Gasteiger partial charge in [-0.1, -0.05) is 41.6 Å². The fourth-order valence-electron chi connectivity index (χ4n) is 2.56. The van der Waals surface area contributed by atoms with Gasteiger partial charge in [-0.25, -0.2) is 5.48 Å². The number of para-hydroxylation sites is 1. The fraction of sp³-hybridized carbons (Fsp3) is 0.250. The van der Waals surface area contributed by atoms with Crippen molar-refractivity contribution in [3.63, 3.8) is 0 Å². The van der Waals surface area contributed by atoms with Crippen LogP contribution in [0.5, 0.6) is 0 Å². The van der Waals surface area contributed by atoms with Crippen molar-refractivity contribution in [3.8, 4) is 17.1 Å². The van der Waals surface area contributed by atoms with Crippen molar-refractivity contribution in [1.29, 1.82) is 0 Å². The molecule has 1 aromatic heterocycles. The molecule has 3 rings (SSSR count). The lowest BCUT2D eigenvalue weighted by atomic mass is 10.2. The maximum atomic E-state index is 11.6. The van der Waals surface area contributed by atoms with Gasteiger partial charge in [-0.05, 0) is 49.7 Å². The van der Waals surface area contributed by atoms with Gasteiger partial charge in [-0.15, -0.1) is 10.2 Å². The molecule has 0 aliphatic heterocycles. The number of nitrogens with zero attached hydrogens (tertiary/aromatic N) is 3. The van der Waals surface area contributed by atoms with Crippen LogP contribution in [0.1, 0.15) is 19.8 Å². The van der Waals surface area contributed by atoms with Gasteiger partial charge in [0.15, 0.2) is 11.0 Å². The normalized spacial score (nSPS) is 10.8. The van der Waals surface area contributed by atoms with E-state index in [1.807, 2.05) is 66.1 Å². The van der Waals surface area contributed by atoms with Gasteiger partial charge in [0.1, 0.15) is 0 Å². The zero-order valence-corrected chi connectivity index (χ0v) is 17.0. The number of rotatable bonds is 9. The summed E-state index contributed by atoms with van der Waals surface area (Å²) in [5.74, 6) is 1.37. The van der Waals surface area contributed by atoms with Gasteiger partial charge in [-0.3, -0.25) is 14.2 Å². The van der Waals surface area contributed by atoms with E-state index in [1.54, 1.807) is 11.8 Å². The first-order valence-corrected chi connectivity index (χ1v) is 10.4. The van der Waals surface area contributed by atoms with E-state index < -0.39 is 0 Å². The van der Waals surface area contributed by atoms with Crippen LogP contribution in [-0.4, -0.2) is 33.0 Å². The second-order valence-corrected chi connectivity index (χ2v) is 7.39. The number of halogens is 1. The monoisotopic (exact) mass is 416 g/mol. The summed E-state index contributed by atoms with van der Waals surface area (Å²) in [7, 11) is 0. The number of hydrogen-bond donors (Lipinski definition) is 1. The number of aromatic nitrogens is 3. The molecule has 0 unspecified atom stereocenters. The Bertz CT molecular complexity index is 900. The summed E-state index contributed by atoms with van der Waals surface area (Å²) in [6, 6.07) is 17.5. The van der Waals surface area contributed by atoms with Gasteiger partial charge in [0.05, 0.1) is 6.61 Å². The highest BCUT2D eigenvalue weighted by Gasteiger charge is 2.16. The van der Waals surface area contributed by atoms with Gasteiger partial charge in [-0.2, -0.15) is 0 Å². The van der Waals surface area contributed by atoms with Crippen LogP contribution in [-0.2, 0) is 9.63 Å². The molecule has 0 radical (unpaired) electrons. The topological polar surface area (TPSA) is 69.0 Å². The van der Waals surface area contributed by atoms with Gasteiger partial charge in [0.25, 0.3) is 0 Å². The number of nitrogens with one attached hydrogen (secondary N) is 1. The molecule has 0 spiro atoms. The summed E-state index contributed by atoms with van der Waals surface area (Å²) in [5, 5.41) is 10.2. The van der Waals surface area contributed by atoms with Crippen molar-refractivity contribution in [2.45, 2.75) is 24.9 Å². The van der Waals surface area contributed by atoms with Crippen molar-refractivity contribution < 1.29 is 9.63 Å². The molecule has 0 aliphatic rings. The Labute approximate surface area is 173 Å². The van der Waals surface area contributed by atoms with Gasteiger partial charge in [0, 0.05) is 28.4 Å². The number of hydroxylamine groups is 1. The Kier molecular flexibility index (Phi) is 7.47. The van der Waals surface area contributed by atoms with Crippen molar-refractivity contribution in [1.82, 2.24) is 20.2 Å². The van der Waals surface area contributed by atoms with Gasteiger partial charge >= 0.3 is 0 Å². The Morgan fingerprint density at radius 1 is 1.14 bits per heavy atom. The molecule has 0 saturated heterocycles. The molecule has 2 aromatic carbocycles. The molecular weight excluding hydrogens is 396 g/mol. The molecule has 146 valence electrons. The minimum Gasteiger partial charge on any atom is -0.274 e. The molecule has 28 heavy (non-hydrogen) atoms. The number of amides is 1. The number of carbonyl (C=O) groups is 1. The molecular formula is C20H21ClN4O2S. The molecule has 0 saturated carbocycles. The van der Waals surface area contributed by atoms with Crippen LogP contribution in [0.3, 0.4) is 0 Å². The highest BCUT2D eigenvalue weighted by Crippen LogP contribution is 2.29. The van der Waals surface area contributed by atoms with Crippen LogP contribution in [0.25, 0.3) is 17.1 Å². The van der Waals surface area contributed by atoms with E-state index in [-0.39, 0.29) is 5.91 Å². The van der Waals surface area contributed by atoms with E-state index >= 15 is 0 Å². The Hall–Kier alpha value is -2.35. The lowest BCUT2D eigenvalue weighted by molar-refractivity contribution is -0.133. The standard InChI is InChI=1S/C20H21ClN4O2S/c1-2-27-24-18(26)9-6-14-28-20-23-22-19(15-10-12-16(21)13-11-15)25(20)17-7-4-3-5-8-17/h3-5,7-8,10-13H,2,6,9,14H2,1H3,(H,24,26). The Morgan fingerprint density at radius 3 is 2.61 bits per heavy atom. The highest BCUT2D eigenvalue weighted by molar-refractivity contribution is 7.99. The van der Waals surface area contributed by atoms with Crippen LogP contribution in [0, 0.1) is 0 Å². The van der Waals surface area contributed by atoms with Crippen LogP contribution in [0.15, 0.2) is 59.8 Å². The van der Waals surface area contributed by atoms with E-state index in [4.69, 9.17) is 16.4 Å². The zero-order chi connectivity index (χ0) is 19.8. The first-order valence-electron chi connectivity index (χ1n) is 8.99. The maximum absolute atomic E-state index is 11.6. The van der Waals surface area contributed by atoms with Crippen LogP contribution in [0.2, 0.25) is 5.02 Å². The molecule has 8 heteroatoms. The molecule has 6 nitrogen and oxygen atoms in total. The largest absolute Gasteiger partial charge is 0.274 e. The molecule has 1 amide bonds. The summed E-state index contributed by atoms with van der Waals surface area (Å²) in [4.78, 5) is 16.5. The fourth-order valence-corrected chi connectivity index (χ4v) is 3.58. The van der Waals surface area contributed by atoms with Crippen molar-refractivity contribution in [3.05, 3.63) is 59.6 Å². The van der Waals surface area contributed by atoms with Crippen molar-refractivity contribution in [2.75, 3.05) is 12.4 Å². The van der Waals surface area contributed by atoms with Gasteiger partial charge < -0.3 is 0 Å². The third-order valence-corrected chi connectivity index (χ3v) is 5.13. The lowest BCUT2D eigenvalue weighted by Gasteiger charge is -2.10. The molecule has 0 atom stereocenters. The average molecular weight is 417 g/mol.